The molecule has 0 bridgehead atoms. The average molecular weight is 203 g/mol. The first-order valence-corrected chi connectivity index (χ1v) is 4.41. The Morgan fingerprint density at radius 3 is 2.77 bits per heavy atom. The monoisotopic (exact) mass is 203 g/mol. The minimum absolute atomic E-state index is 0.192. The van der Waals surface area contributed by atoms with E-state index in [1.807, 2.05) is 0 Å². The molecule has 0 saturated heterocycles. The van der Waals surface area contributed by atoms with Crippen LogP contribution in [0.3, 0.4) is 0 Å². The van der Waals surface area contributed by atoms with E-state index < -0.39 is 11.9 Å². The fourth-order valence-corrected chi connectivity index (χ4v) is 1.11. The molecule has 3 N–H and O–H groups in total. The third-order valence-electron chi connectivity index (χ3n) is 1.37. The van der Waals surface area contributed by atoms with Crippen molar-refractivity contribution in [1.29, 1.82) is 0 Å². The van der Waals surface area contributed by atoms with Crippen LogP contribution in [0.25, 0.3) is 0 Å². The predicted molar refractivity (Wildman–Crippen MR) is 45.3 cm³/mol. The molecule has 0 aromatic carbocycles. The quantitative estimate of drug-likeness (QED) is 0.560. The van der Waals surface area contributed by atoms with Gasteiger partial charge >= 0.3 is 0 Å². The molecule has 0 spiro atoms. The smallest absolute Gasteiger partial charge is 0.273 e. The first kappa shape index (κ1) is 10.0. The van der Waals surface area contributed by atoms with Crippen LogP contribution in [0.15, 0.2) is 5.38 Å². The Bertz CT molecular complexity index is 260. The van der Waals surface area contributed by atoms with Gasteiger partial charge in [0.1, 0.15) is 0 Å². The van der Waals surface area contributed by atoms with Gasteiger partial charge in [0.05, 0.1) is 19.3 Å². The Morgan fingerprint density at radius 2 is 2.31 bits per heavy atom. The van der Waals surface area contributed by atoms with Gasteiger partial charge in [-0.2, -0.15) is 0 Å². The zero-order chi connectivity index (χ0) is 9.68. The van der Waals surface area contributed by atoms with Gasteiger partial charge in [0.15, 0.2) is 5.69 Å². The van der Waals surface area contributed by atoms with Gasteiger partial charge in [-0.3, -0.25) is 4.79 Å². The molecule has 0 radical (unpaired) electrons. The zero-order valence-electron chi connectivity index (χ0n) is 6.67. The lowest BCUT2D eigenvalue weighted by molar-refractivity contribution is 0.0874. The van der Waals surface area contributed by atoms with Crippen LogP contribution in [0.5, 0.6) is 0 Å². The van der Waals surface area contributed by atoms with E-state index in [9.17, 15) is 4.79 Å². The number of carbonyl (C=O) groups is 1. The average Bonchev–Trinajstić information content (AvgIpc) is 2.66. The van der Waals surface area contributed by atoms with Crippen molar-refractivity contribution in [2.45, 2.75) is 6.04 Å². The van der Waals surface area contributed by atoms with Crippen LogP contribution in [-0.4, -0.2) is 45.0 Å². The minimum Gasteiger partial charge on any atom is -0.394 e. The van der Waals surface area contributed by atoms with E-state index >= 15 is 0 Å². The lowest BCUT2D eigenvalue weighted by Gasteiger charge is -2.11. The van der Waals surface area contributed by atoms with Crippen LogP contribution >= 0.6 is 11.5 Å². The van der Waals surface area contributed by atoms with Gasteiger partial charge in [-0.25, -0.2) is 0 Å². The second-order valence-electron chi connectivity index (χ2n) is 2.33. The molecule has 72 valence electrons. The van der Waals surface area contributed by atoms with Crippen molar-refractivity contribution in [2.75, 3.05) is 13.2 Å². The molecule has 7 heteroatoms. The Labute approximate surface area is 78.4 Å². The number of hydrogen-bond acceptors (Lipinski definition) is 6. The number of amides is 1. The molecular formula is C6H9N3O3S. The Balaban J connectivity index is 2.50. The molecule has 13 heavy (non-hydrogen) atoms. The second-order valence-corrected chi connectivity index (χ2v) is 2.94. The molecule has 0 unspecified atom stereocenters. The molecule has 1 rings (SSSR count). The number of aliphatic hydroxyl groups is 2. The van der Waals surface area contributed by atoms with Crippen molar-refractivity contribution in [1.82, 2.24) is 14.9 Å². The van der Waals surface area contributed by atoms with Gasteiger partial charge in [0.25, 0.3) is 5.91 Å². The fraction of sp³-hybridized carbons (Fsp3) is 0.500. The summed E-state index contributed by atoms with van der Waals surface area (Å²) >= 11 is 1.06. The molecule has 0 atom stereocenters. The van der Waals surface area contributed by atoms with E-state index in [4.69, 9.17) is 10.2 Å². The lowest BCUT2D eigenvalue weighted by Crippen LogP contribution is -2.40. The van der Waals surface area contributed by atoms with Gasteiger partial charge in [-0.15, -0.1) is 5.10 Å². The van der Waals surface area contributed by atoms with Crippen molar-refractivity contribution in [3.8, 4) is 0 Å². The topological polar surface area (TPSA) is 95.3 Å². The standard InChI is InChI=1S/C6H9N3O3S/c10-1-4(2-11)7-6(12)5-3-13-9-8-5/h3-4,10-11H,1-2H2,(H,7,12). The summed E-state index contributed by atoms with van der Waals surface area (Å²) in [7, 11) is 0. The summed E-state index contributed by atoms with van der Waals surface area (Å²) < 4.78 is 3.51. The summed E-state index contributed by atoms with van der Waals surface area (Å²) in [5.41, 5.74) is 0.192. The summed E-state index contributed by atoms with van der Waals surface area (Å²) in [4.78, 5) is 11.2. The number of nitrogens with one attached hydrogen (secondary N) is 1. The second kappa shape index (κ2) is 4.85. The highest BCUT2D eigenvalue weighted by Crippen LogP contribution is 1.96. The van der Waals surface area contributed by atoms with Gasteiger partial charge in [0.2, 0.25) is 0 Å². The summed E-state index contributed by atoms with van der Waals surface area (Å²) in [6.45, 7) is -0.611. The zero-order valence-corrected chi connectivity index (χ0v) is 7.49. The third kappa shape index (κ3) is 2.72. The Morgan fingerprint density at radius 1 is 1.62 bits per heavy atom. The molecule has 1 aromatic heterocycles. The number of aromatic nitrogens is 2. The van der Waals surface area contributed by atoms with Crippen LogP contribution in [0.4, 0.5) is 0 Å². The normalized spacial score (nSPS) is 10.4. The van der Waals surface area contributed by atoms with Crippen molar-refractivity contribution < 1.29 is 15.0 Å². The lowest BCUT2D eigenvalue weighted by atomic mass is 10.3. The summed E-state index contributed by atoms with van der Waals surface area (Å²) in [5, 5.41) is 24.7. The van der Waals surface area contributed by atoms with Gasteiger partial charge in [0, 0.05) is 5.38 Å². The highest BCUT2D eigenvalue weighted by atomic mass is 32.1. The van der Waals surface area contributed by atoms with Crippen LogP contribution < -0.4 is 5.32 Å². The van der Waals surface area contributed by atoms with Gasteiger partial charge in [-0.05, 0) is 11.5 Å². The first-order chi connectivity index (χ1) is 6.27. The summed E-state index contributed by atoms with van der Waals surface area (Å²) in [5.74, 6) is -0.443. The molecule has 0 fully saturated rings. The molecule has 0 aliphatic rings. The number of nitrogens with zero attached hydrogens (tertiary/aromatic N) is 2. The van der Waals surface area contributed by atoms with E-state index in [1.165, 1.54) is 5.38 Å². The minimum atomic E-state index is -0.644. The van der Waals surface area contributed by atoms with Gasteiger partial charge in [-0.1, -0.05) is 4.49 Å². The third-order valence-corrected chi connectivity index (χ3v) is 1.87. The Hall–Kier alpha value is -1.05. The van der Waals surface area contributed by atoms with Crippen LogP contribution in [0, 0.1) is 0 Å². The van der Waals surface area contributed by atoms with E-state index in [-0.39, 0.29) is 18.9 Å². The highest BCUT2D eigenvalue weighted by molar-refractivity contribution is 7.03. The summed E-state index contributed by atoms with van der Waals surface area (Å²) in [6, 6.07) is -0.644. The fourth-order valence-electron chi connectivity index (χ4n) is 0.672. The predicted octanol–water partition coefficient (Wildman–Crippen LogP) is -1.38. The SMILES string of the molecule is O=C(NC(CO)CO)c1csnn1. The largest absolute Gasteiger partial charge is 0.394 e. The Kier molecular flexibility index (Phi) is 3.74. The van der Waals surface area contributed by atoms with E-state index in [0.29, 0.717) is 0 Å². The maximum absolute atomic E-state index is 11.2. The van der Waals surface area contributed by atoms with Crippen LogP contribution in [0.2, 0.25) is 0 Å². The number of hydrogen-bond donors (Lipinski definition) is 3. The maximum atomic E-state index is 11.2. The molecule has 0 aliphatic carbocycles. The van der Waals surface area contributed by atoms with E-state index in [2.05, 4.69) is 14.9 Å². The van der Waals surface area contributed by atoms with Crippen molar-refractivity contribution >= 4 is 17.4 Å². The molecule has 0 saturated carbocycles. The van der Waals surface area contributed by atoms with Crippen molar-refractivity contribution in [2.24, 2.45) is 0 Å². The van der Waals surface area contributed by atoms with E-state index in [0.717, 1.165) is 11.5 Å². The molecule has 6 nitrogen and oxygen atoms in total. The number of rotatable bonds is 4. The van der Waals surface area contributed by atoms with Crippen molar-refractivity contribution in [3.05, 3.63) is 11.1 Å². The first-order valence-electron chi connectivity index (χ1n) is 3.57. The van der Waals surface area contributed by atoms with Gasteiger partial charge < -0.3 is 15.5 Å². The molecule has 1 aromatic rings. The van der Waals surface area contributed by atoms with Crippen molar-refractivity contribution in [3.63, 3.8) is 0 Å². The summed E-state index contributed by atoms with van der Waals surface area (Å²) in [6.07, 6.45) is 0. The molecule has 0 aliphatic heterocycles. The highest BCUT2D eigenvalue weighted by Gasteiger charge is 2.13. The van der Waals surface area contributed by atoms with Crippen LogP contribution in [0.1, 0.15) is 10.5 Å². The van der Waals surface area contributed by atoms with Crippen LogP contribution in [-0.2, 0) is 0 Å². The maximum Gasteiger partial charge on any atom is 0.273 e. The molecular weight excluding hydrogens is 194 g/mol. The molecule has 1 amide bonds. The molecule has 1 heterocycles. The number of carbonyl (C=O) groups excluding carboxylic acids is 1. The number of aliphatic hydroxyl groups excluding tert-OH is 2. The van der Waals surface area contributed by atoms with E-state index in [1.54, 1.807) is 0 Å².